The fourth-order valence-electron chi connectivity index (χ4n) is 4.90. The molecule has 7 nitrogen and oxygen atoms in total. The van der Waals surface area contributed by atoms with Gasteiger partial charge >= 0.3 is 5.97 Å². The van der Waals surface area contributed by atoms with Gasteiger partial charge in [-0.3, -0.25) is 19.2 Å². The number of nitrogens with zero attached hydrogens (tertiary/aromatic N) is 2. The molecule has 2 aliphatic heterocycles. The van der Waals surface area contributed by atoms with Crippen LogP contribution in [0, 0.1) is 17.8 Å². The molecule has 0 bridgehead atoms. The van der Waals surface area contributed by atoms with Crippen LogP contribution in [0.5, 0.6) is 5.75 Å². The van der Waals surface area contributed by atoms with Crippen molar-refractivity contribution in [3.8, 4) is 5.75 Å². The highest BCUT2D eigenvalue weighted by Crippen LogP contribution is 2.40. The molecule has 0 N–H and O–H groups in total. The number of hydrogen-bond donors (Lipinski definition) is 0. The summed E-state index contributed by atoms with van der Waals surface area (Å²) in [5, 5.41) is 0. The minimum atomic E-state index is -0.590. The lowest BCUT2D eigenvalue weighted by Crippen LogP contribution is -2.31. The Bertz CT molecular complexity index is 1170. The number of carbonyl (C=O) groups excluding carboxylic acids is 4. The average Bonchev–Trinajstić information content (AvgIpc) is 3.32. The lowest BCUT2D eigenvalue weighted by molar-refractivity contribution is -0.139. The third kappa shape index (κ3) is 3.84. The monoisotopic (exact) mass is 444 g/mol. The molecule has 0 radical (unpaired) electrons. The standard InChI is InChI=1S/C26H24N2O5/c1-16-10-11-21-22(12-16)25(31)28(24(21)30)19-8-5-9-20(14-19)33-26(32)17-13-23(29)27(15-17)18-6-3-2-4-7-18/h2-10,14,17,21-22H,11-13,15H2,1H3/t17-,21-,22-/m0/s1. The molecule has 2 fully saturated rings. The molecule has 1 aliphatic carbocycles. The Kier molecular flexibility index (Phi) is 5.32. The summed E-state index contributed by atoms with van der Waals surface area (Å²) in [5.41, 5.74) is 2.27. The van der Waals surface area contributed by atoms with Crippen LogP contribution in [-0.2, 0) is 19.2 Å². The first kappa shape index (κ1) is 21.1. The molecular formula is C26H24N2O5. The highest BCUT2D eigenvalue weighted by Gasteiger charge is 2.48. The van der Waals surface area contributed by atoms with E-state index in [2.05, 4.69) is 0 Å². The van der Waals surface area contributed by atoms with Crippen LogP contribution < -0.4 is 14.5 Å². The number of para-hydroxylation sites is 1. The number of fused-ring (bicyclic) bond motifs is 1. The van der Waals surface area contributed by atoms with Crippen LogP contribution in [0.2, 0.25) is 0 Å². The van der Waals surface area contributed by atoms with Crippen molar-refractivity contribution < 1.29 is 23.9 Å². The molecule has 0 saturated carbocycles. The Morgan fingerprint density at radius 1 is 0.909 bits per heavy atom. The van der Waals surface area contributed by atoms with Crippen LogP contribution in [0.1, 0.15) is 26.2 Å². The van der Waals surface area contributed by atoms with Crippen molar-refractivity contribution in [1.82, 2.24) is 0 Å². The number of esters is 1. The molecular weight excluding hydrogens is 420 g/mol. The number of anilines is 2. The lowest BCUT2D eigenvalue weighted by Gasteiger charge is -2.18. The maximum absolute atomic E-state index is 13.0. The van der Waals surface area contributed by atoms with Crippen molar-refractivity contribution in [1.29, 1.82) is 0 Å². The number of imide groups is 1. The molecule has 33 heavy (non-hydrogen) atoms. The highest BCUT2D eigenvalue weighted by molar-refractivity contribution is 6.22. The summed E-state index contributed by atoms with van der Waals surface area (Å²) in [6.45, 7) is 2.23. The number of amides is 3. The van der Waals surface area contributed by atoms with E-state index in [9.17, 15) is 19.2 Å². The van der Waals surface area contributed by atoms with Gasteiger partial charge in [0, 0.05) is 24.7 Å². The van der Waals surface area contributed by atoms with E-state index in [0.29, 0.717) is 18.5 Å². The molecule has 0 spiro atoms. The number of rotatable bonds is 4. The molecule has 2 aromatic rings. The fraction of sp³-hybridized carbons (Fsp3) is 0.308. The predicted octanol–water partition coefficient (Wildman–Crippen LogP) is 3.49. The maximum Gasteiger partial charge on any atom is 0.316 e. The fourth-order valence-corrected chi connectivity index (χ4v) is 4.90. The number of carbonyl (C=O) groups is 4. The van der Waals surface area contributed by atoms with Gasteiger partial charge < -0.3 is 9.64 Å². The van der Waals surface area contributed by atoms with Gasteiger partial charge in [0.2, 0.25) is 17.7 Å². The number of hydrogen-bond acceptors (Lipinski definition) is 5. The minimum Gasteiger partial charge on any atom is -0.426 e. The molecule has 3 aliphatic rings. The van der Waals surface area contributed by atoms with Crippen LogP contribution >= 0.6 is 0 Å². The first-order valence-electron chi connectivity index (χ1n) is 11.1. The van der Waals surface area contributed by atoms with E-state index in [1.165, 1.54) is 11.0 Å². The van der Waals surface area contributed by atoms with Crippen molar-refractivity contribution in [2.24, 2.45) is 17.8 Å². The average molecular weight is 444 g/mol. The summed E-state index contributed by atoms with van der Waals surface area (Å²) >= 11 is 0. The van der Waals surface area contributed by atoms with Gasteiger partial charge in [-0.1, -0.05) is 35.9 Å². The molecule has 2 aromatic carbocycles. The second-order valence-corrected chi connectivity index (χ2v) is 8.87. The van der Waals surface area contributed by atoms with E-state index in [1.807, 2.05) is 43.3 Å². The van der Waals surface area contributed by atoms with Crippen LogP contribution in [0.15, 0.2) is 66.2 Å². The number of ether oxygens (including phenoxy) is 1. The topological polar surface area (TPSA) is 84.0 Å². The van der Waals surface area contributed by atoms with E-state index < -0.39 is 11.9 Å². The molecule has 7 heteroatoms. The molecule has 2 saturated heterocycles. The van der Waals surface area contributed by atoms with Crippen LogP contribution in [-0.4, -0.2) is 30.2 Å². The highest BCUT2D eigenvalue weighted by atomic mass is 16.5. The van der Waals surface area contributed by atoms with E-state index in [4.69, 9.17) is 4.74 Å². The van der Waals surface area contributed by atoms with Crippen molar-refractivity contribution in [3.63, 3.8) is 0 Å². The predicted molar refractivity (Wildman–Crippen MR) is 121 cm³/mol. The molecule has 3 amide bonds. The largest absolute Gasteiger partial charge is 0.426 e. The zero-order valence-corrected chi connectivity index (χ0v) is 18.3. The van der Waals surface area contributed by atoms with Crippen LogP contribution in [0.4, 0.5) is 11.4 Å². The van der Waals surface area contributed by atoms with Gasteiger partial charge in [-0.2, -0.15) is 0 Å². The summed E-state index contributed by atoms with van der Waals surface area (Å²) in [5.74, 6) is -2.06. The SMILES string of the molecule is CC1=CC[C@@H]2C(=O)N(c3cccc(OC(=O)[C@H]4CC(=O)N(c5ccccc5)C4)c3)C(=O)[C@H]2C1. The van der Waals surface area contributed by atoms with E-state index >= 15 is 0 Å². The third-order valence-electron chi connectivity index (χ3n) is 6.64. The summed E-state index contributed by atoms with van der Waals surface area (Å²) in [6.07, 6.45) is 3.26. The van der Waals surface area contributed by atoms with Crippen molar-refractivity contribution in [2.45, 2.75) is 26.2 Å². The van der Waals surface area contributed by atoms with Crippen LogP contribution in [0.25, 0.3) is 0 Å². The Morgan fingerprint density at radius 3 is 2.42 bits per heavy atom. The Hall–Kier alpha value is -3.74. The second kappa shape index (κ2) is 8.31. The number of benzene rings is 2. The zero-order valence-electron chi connectivity index (χ0n) is 18.3. The van der Waals surface area contributed by atoms with Gasteiger partial charge in [-0.15, -0.1) is 0 Å². The first-order valence-corrected chi connectivity index (χ1v) is 11.1. The first-order chi connectivity index (χ1) is 15.9. The van der Waals surface area contributed by atoms with Gasteiger partial charge in [-0.05, 0) is 44.0 Å². The smallest absolute Gasteiger partial charge is 0.316 e. The van der Waals surface area contributed by atoms with Crippen molar-refractivity contribution in [2.75, 3.05) is 16.3 Å². The van der Waals surface area contributed by atoms with E-state index in [-0.39, 0.29) is 48.3 Å². The maximum atomic E-state index is 13.0. The lowest BCUT2D eigenvalue weighted by atomic mass is 9.82. The van der Waals surface area contributed by atoms with Crippen molar-refractivity contribution >= 4 is 35.1 Å². The molecule has 2 heterocycles. The third-order valence-corrected chi connectivity index (χ3v) is 6.64. The molecule has 0 unspecified atom stereocenters. The van der Waals surface area contributed by atoms with Gasteiger partial charge in [0.1, 0.15) is 5.75 Å². The van der Waals surface area contributed by atoms with Gasteiger partial charge in [0.05, 0.1) is 23.4 Å². The molecule has 168 valence electrons. The molecule has 5 rings (SSSR count). The minimum absolute atomic E-state index is 0.0756. The summed E-state index contributed by atoms with van der Waals surface area (Å²) in [7, 11) is 0. The summed E-state index contributed by atoms with van der Waals surface area (Å²) in [6, 6.07) is 15.7. The van der Waals surface area contributed by atoms with E-state index in [1.54, 1.807) is 23.1 Å². The Labute approximate surface area is 191 Å². The van der Waals surface area contributed by atoms with Gasteiger partial charge in [-0.25, -0.2) is 4.90 Å². The van der Waals surface area contributed by atoms with Gasteiger partial charge in [0.15, 0.2) is 0 Å². The Morgan fingerprint density at radius 2 is 1.64 bits per heavy atom. The number of allylic oxidation sites excluding steroid dienone is 2. The summed E-state index contributed by atoms with van der Waals surface area (Å²) in [4.78, 5) is 53.9. The molecule has 0 aromatic heterocycles. The Balaban J connectivity index is 1.29. The summed E-state index contributed by atoms with van der Waals surface area (Å²) < 4.78 is 5.56. The second-order valence-electron chi connectivity index (χ2n) is 8.87. The van der Waals surface area contributed by atoms with Crippen molar-refractivity contribution in [3.05, 3.63) is 66.2 Å². The van der Waals surface area contributed by atoms with Crippen LogP contribution in [0.3, 0.4) is 0 Å². The quantitative estimate of drug-likeness (QED) is 0.312. The zero-order chi connectivity index (χ0) is 23.1. The molecule has 3 atom stereocenters. The van der Waals surface area contributed by atoms with E-state index in [0.717, 1.165) is 11.3 Å². The van der Waals surface area contributed by atoms with Gasteiger partial charge in [0.25, 0.3) is 0 Å². The normalized spacial score (nSPS) is 24.7.